The summed E-state index contributed by atoms with van der Waals surface area (Å²) in [6.07, 6.45) is -21.8. The number of carbonyl (C=O) groups excluding carboxylic acids is 2. The molecule has 0 aliphatic carbocycles. The molecule has 0 aromatic carbocycles. The normalized spacial score (nSPS) is 39.3. The largest absolute Gasteiger partial charge is 0.477 e. The van der Waals surface area contributed by atoms with E-state index < -0.39 is 142 Å². The minimum absolute atomic E-state index is 0.103. The molecule has 22 heteroatoms. The summed E-state index contributed by atoms with van der Waals surface area (Å²) < 4.78 is 34.0. The number of hydrogen-bond acceptors (Lipinski definition) is 19. The first-order valence-corrected chi connectivity index (χ1v) is 16.9. The third-order valence-electron chi connectivity index (χ3n) is 8.98. The smallest absolute Gasteiger partial charge is 0.364 e. The summed E-state index contributed by atoms with van der Waals surface area (Å²) in [5, 5.41) is 110. The monoisotopic (exact) mass is 759 g/mol. The van der Waals surface area contributed by atoms with Crippen molar-refractivity contribution in [2.24, 2.45) is 5.73 Å². The lowest BCUT2D eigenvalue weighted by Crippen LogP contribution is -2.69. The van der Waals surface area contributed by atoms with Gasteiger partial charge in [0.05, 0.1) is 32.0 Å². The third kappa shape index (κ3) is 10.7. The van der Waals surface area contributed by atoms with Gasteiger partial charge in [-0.25, -0.2) is 4.79 Å². The van der Waals surface area contributed by atoms with Gasteiger partial charge < -0.3 is 95.9 Å². The van der Waals surface area contributed by atoms with E-state index in [4.69, 9.17) is 34.2 Å². The Morgan fingerprint density at radius 2 is 1.50 bits per heavy atom. The van der Waals surface area contributed by atoms with Crippen molar-refractivity contribution in [1.29, 1.82) is 0 Å². The summed E-state index contributed by atoms with van der Waals surface area (Å²) in [5.74, 6) is -6.15. The number of rotatable bonds is 18. The van der Waals surface area contributed by atoms with E-state index in [0.717, 1.165) is 20.3 Å². The van der Waals surface area contributed by atoms with Gasteiger partial charge in [0.15, 0.2) is 12.6 Å². The second-order valence-corrected chi connectivity index (χ2v) is 13.0. The Labute approximate surface area is 298 Å². The van der Waals surface area contributed by atoms with Crippen LogP contribution >= 0.6 is 0 Å². The molecule has 0 bridgehead atoms. The molecule has 16 atom stereocenters. The summed E-state index contributed by atoms with van der Waals surface area (Å²) in [5.41, 5.74) is 5.50. The number of aliphatic hydroxyl groups excluding tert-OH is 9. The Hall–Kier alpha value is -2.23. The fourth-order valence-electron chi connectivity index (χ4n) is 6.20. The maximum Gasteiger partial charge on any atom is 0.364 e. The summed E-state index contributed by atoms with van der Waals surface area (Å²) in [7, 11) is 0. The van der Waals surface area contributed by atoms with Gasteiger partial charge in [0.2, 0.25) is 11.8 Å². The van der Waals surface area contributed by atoms with Crippen molar-refractivity contribution >= 4 is 17.8 Å². The second-order valence-electron chi connectivity index (χ2n) is 13.0. The lowest BCUT2D eigenvalue weighted by atomic mass is 9.88. The first-order chi connectivity index (χ1) is 24.5. The van der Waals surface area contributed by atoms with Crippen molar-refractivity contribution in [2.75, 3.05) is 33.0 Å². The van der Waals surface area contributed by atoms with Crippen molar-refractivity contribution in [2.45, 2.75) is 137 Å². The quantitative estimate of drug-likeness (QED) is 0.0577. The first-order valence-electron chi connectivity index (χ1n) is 16.9. The molecule has 3 rings (SSSR count). The molecule has 0 aromatic rings. The van der Waals surface area contributed by atoms with Gasteiger partial charge >= 0.3 is 5.97 Å². The van der Waals surface area contributed by atoms with E-state index in [2.05, 4.69) is 10.6 Å². The van der Waals surface area contributed by atoms with Crippen LogP contribution in [-0.4, -0.2) is 199 Å². The molecule has 3 aliphatic heterocycles. The molecule has 0 unspecified atom stereocenters. The zero-order valence-electron chi connectivity index (χ0n) is 28.7. The highest BCUT2D eigenvalue weighted by molar-refractivity contribution is 5.76. The van der Waals surface area contributed by atoms with Gasteiger partial charge in [-0.05, 0) is 25.8 Å². The highest BCUT2D eigenvalue weighted by atomic mass is 16.8. The topological polar surface area (TPSA) is 359 Å². The maximum atomic E-state index is 12.6. The molecule has 0 saturated carbocycles. The summed E-state index contributed by atoms with van der Waals surface area (Å²) >= 11 is 0. The van der Waals surface area contributed by atoms with E-state index in [1.54, 1.807) is 0 Å². The molecule has 3 saturated heterocycles. The van der Waals surface area contributed by atoms with Gasteiger partial charge in [0.1, 0.15) is 67.1 Å². The van der Waals surface area contributed by atoms with Crippen molar-refractivity contribution in [1.82, 2.24) is 10.6 Å². The van der Waals surface area contributed by atoms with Gasteiger partial charge in [-0.2, -0.15) is 0 Å². The van der Waals surface area contributed by atoms with Crippen molar-refractivity contribution in [3.05, 3.63) is 0 Å². The Kier molecular flexibility index (Phi) is 16.9. The molecule has 0 aromatic heterocycles. The van der Waals surface area contributed by atoms with Gasteiger partial charge in [-0.3, -0.25) is 9.59 Å². The molecule has 3 aliphatic rings. The average Bonchev–Trinajstić information content (AvgIpc) is 3.09. The standard InChI is InChI=1S/C30H53N3O19/c1-12(36)32-18-14(38)8-30(29(45)46,52-25(18)20(40)15(39)9-34)48-11-17-21(41)23(43)19(33-13(2)37)27(50-17)51-26-22(42)16(10-35)49-28(24(26)44)47-7-5-3-4-6-31/h14-28,34-35,38-44H,3-11,31H2,1-2H3,(H,32,36)(H,33,37)(H,45,46)/t14-,15+,16+,17+,18+,19+,20+,21+,22-,23+,24+,25+,26-,27-,28+,30+/m0/s1. The van der Waals surface area contributed by atoms with E-state index >= 15 is 0 Å². The minimum Gasteiger partial charge on any atom is -0.477 e. The number of hydrogen-bond donors (Lipinski definition) is 13. The number of carboxylic acid groups (broad SMARTS) is 1. The molecule has 3 heterocycles. The summed E-state index contributed by atoms with van der Waals surface area (Å²) in [4.78, 5) is 36.5. The van der Waals surface area contributed by atoms with Crippen LogP contribution in [0.25, 0.3) is 0 Å². The number of nitrogens with one attached hydrogen (secondary N) is 2. The number of aliphatic carboxylic acids is 1. The van der Waals surface area contributed by atoms with Gasteiger partial charge in [0, 0.05) is 26.9 Å². The fraction of sp³-hybridized carbons (Fsp3) is 0.900. The van der Waals surface area contributed by atoms with E-state index in [1.165, 1.54) is 0 Å². The predicted octanol–water partition coefficient (Wildman–Crippen LogP) is -6.93. The number of unbranched alkanes of at least 4 members (excludes halogenated alkanes) is 2. The predicted molar refractivity (Wildman–Crippen MR) is 168 cm³/mol. The second kappa shape index (κ2) is 19.9. The number of carboxylic acids is 1. The highest BCUT2D eigenvalue weighted by Gasteiger charge is 2.57. The summed E-state index contributed by atoms with van der Waals surface area (Å²) in [6.45, 7) is 0.00151. The molecule has 22 nitrogen and oxygen atoms in total. The Balaban J connectivity index is 1.87. The lowest BCUT2D eigenvalue weighted by molar-refractivity contribution is -0.356. The summed E-state index contributed by atoms with van der Waals surface area (Å²) in [6, 6.07) is -3.05. The van der Waals surface area contributed by atoms with Crippen LogP contribution in [0, 0.1) is 0 Å². The van der Waals surface area contributed by atoms with Crippen LogP contribution in [0.2, 0.25) is 0 Å². The molecule has 3 fully saturated rings. The highest BCUT2D eigenvalue weighted by Crippen LogP contribution is 2.35. The fourth-order valence-corrected chi connectivity index (χ4v) is 6.20. The Morgan fingerprint density at radius 1 is 0.865 bits per heavy atom. The number of ether oxygens (including phenoxy) is 6. The molecule has 52 heavy (non-hydrogen) atoms. The van der Waals surface area contributed by atoms with Gasteiger partial charge in [0.25, 0.3) is 5.79 Å². The average molecular weight is 760 g/mol. The van der Waals surface area contributed by atoms with Gasteiger partial charge in [-0.1, -0.05) is 0 Å². The molecular weight excluding hydrogens is 706 g/mol. The van der Waals surface area contributed by atoms with Crippen LogP contribution in [0.1, 0.15) is 39.5 Å². The van der Waals surface area contributed by atoms with E-state index in [0.29, 0.717) is 19.4 Å². The molecule has 0 spiro atoms. The van der Waals surface area contributed by atoms with Gasteiger partial charge in [-0.15, -0.1) is 0 Å². The number of carbonyl (C=O) groups is 3. The van der Waals surface area contributed by atoms with Crippen LogP contribution < -0.4 is 16.4 Å². The van der Waals surface area contributed by atoms with Crippen molar-refractivity contribution < 1.29 is 93.9 Å². The molecule has 302 valence electrons. The minimum atomic E-state index is -2.84. The zero-order valence-corrected chi connectivity index (χ0v) is 28.7. The third-order valence-corrected chi connectivity index (χ3v) is 8.98. The van der Waals surface area contributed by atoms with Crippen LogP contribution in [0.15, 0.2) is 0 Å². The van der Waals surface area contributed by atoms with Crippen LogP contribution in [0.4, 0.5) is 0 Å². The number of amides is 2. The molecule has 14 N–H and O–H groups in total. The van der Waals surface area contributed by atoms with E-state index in [1.807, 2.05) is 0 Å². The van der Waals surface area contributed by atoms with Crippen LogP contribution in [-0.2, 0) is 42.8 Å². The lowest BCUT2D eigenvalue weighted by Gasteiger charge is -2.48. The maximum absolute atomic E-state index is 12.6. The zero-order chi connectivity index (χ0) is 38.9. The van der Waals surface area contributed by atoms with E-state index in [-0.39, 0.29) is 6.61 Å². The molecule has 0 radical (unpaired) electrons. The van der Waals surface area contributed by atoms with Crippen LogP contribution in [0.3, 0.4) is 0 Å². The first kappa shape index (κ1) is 44.2. The Morgan fingerprint density at radius 3 is 2.08 bits per heavy atom. The van der Waals surface area contributed by atoms with Crippen LogP contribution in [0.5, 0.6) is 0 Å². The van der Waals surface area contributed by atoms with E-state index in [9.17, 15) is 65.4 Å². The SMILES string of the molecule is CC(=O)N[C@H]1[C@H](O[C@H]2[C@@H](O)[C@@H](CO)O[C@@H](OCCCCCN)[C@@H]2O)O[C@H](CO[C@]2(C(=O)O)C[C@H](O)[C@@H](NC(C)=O)[C@H]([C@H](O)[C@H](O)CO)O2)[C@@H](O)[C@@H]1O. The molecule has 2 amide bonds. The number of nitrogens with two attached hydrogens (primary N) is 1. The van der Waals surface area contributed by atoms with Crippen molar-refractivity contribution in [3.8, 4) is 0 Å². The van der Waals surface area contributed by atoms with Crippen molar-refractivity contribution in [3.63, 3.8) is 0 Å². The Bertz CT molecular complexity index is 1160. The molecular formula is C30H53N3O19. The number of aliphatic hydroxyl groups is 9.